The lowest BCUT2D eigenvalue weighted by Crippen LogP contribution is -2.43. The zero-order valence-electron chi connectivity index (χ0n) is 16.1. The van der Waals surface area contributed by atoms with Crippen LogP contribution in [0.4, 0.5) is 0 Å². The number of hydrogen-bond acceptors (Lipinski definition) is 2. The van der Waals surface area contributed by atoms with Crippen LogP contribution in [-0.2, 0) is 11.2 Å². The molecule has 27 heavy (non-hydrogen) atoms. The van der Waals surface area contributed by atoms with E-state index in [4.69, 9.17) is 0 Å². The number of halogens is 1. The molecule has 146 valence electrons. The van der Waals surface area contributed by atoms with Gasteiger partial charge in [0.05, 0.1) is 0 Å². The van der Waals surface area contributed by atoms with Gasteiger partial charge in [0, 0.05) is 19.5 Å². The third-order valence-electron chi connectivity index (χ3n) is 5.38. The fourth-order valence-electron chi connectivity index (χ4n) is 4.02. The Morgan fingerprint density at radius 2 is 1.78 bits per heavy atom. The van der Waals surface area contributed by atoms with Crippen LogP contribution in [0.25, 0.3) is 0 Å². The summed E-state index contributed by atoms with van der Waals surface area (Å²) in [5, 5.41) is 3.26. The molecule has 0 saturated carbocycles. The Morgan fingerprint density at radius 1 is 1.11 bits per heavy atom. The van der Waals surface area contributed by atoms with Crippen molar-refractivity contribution in [2.24, 2.45) is 5.92 Å². The summed E-state index contributed by atoms with van der Waals surface area (Å²) < 4.78 is 0. The molecule has 1 N–H and O–H groups in total. The maximum Gasteiger partial charge on any atom is 0.223 e. The van der Waals surface area contributed by atoms with Crippen LogP contribution >= 0.6 is 12.4 Å². The van der Waals surface area contributed by atoms with E-state index in [9.17, 15) is 4.79 Å². The highest BCUT2D eigenvalue weighted by atomic mass is 35.5. The monoisotopic (exact) mass is 386 g/mol. The molecule has 0 bridgehead atoms. The predicted molar refractivity (Wildman–Crippen MR) is 114 cm³/mol. The van der Waals surface area contributed by atoms with Crippen molar-refractivity contribution in [2.75, 3.05) is 26.7 Å². The van der Waals surface area contributed by atoms with Crippen molar-refractivity contribution in [3.05, 3.63) is 71.8 Å². The molecule has 0 aromatic heterocycles. The second-order valence-electron chi connectivity index (χ2n) is 7.41. The van der Waals surface area contributed by atoms with Crippen LogP contribution in [0.1, 0.15) is 36.3 Å². The third-order valence-corrected chi connectivity index (χ3v) is 5.38. The van der Waals surface area contributed by atoms with E-state index in [1.165, 1.54) is 17.5 Å². The molecule has 2 aromatic rings. The van der Waals surface area contributed by atoms with E-state index in [1.54, 1.807) is 0 Å². The zero-order chi connectivity index (χ0) is 18.2. The number of carbonyl (C=O) groups is 1. The molecule has 0 radical (unpaired) electrons. The molecule has 2 unspecified atom stereocenters. The van der Waals surface area contributed by atoms with Crippen molar-refractivity contribution in [3.63, 3.8) is 0 Å². The van der Waals surface area contributed by atoms with Crippen LogP contribution < -0.4 is 5.32 Å². The minimum absolute atomic E-state index is 0. The van der Waals surface area contributed by atoms with Crippen molar-refractivity contribution in [3.8, 4) is 0 Å². The van der Waals surface area contributed by atoms with Gasteiger partial charge in [0.15, 0.2) is 0 Å². The number of rotatable bonds is 7. The average Bonchev–Trinajstić information content (AvgIpc) is 2.69. The third kappa shape index (κ3) is 6.37. The number of benzene rings is 2. The molecule has 3 rings (SSSR count). The highest BCUT2D eigenvalue weighted by molar-refractivity contribution is 5.85. The van der Waals surface area contributed by atoms with Gasteiger partial charge >= 0.3 is 0 Å². The molecule has 1 aliphatic rings. The number of amides is 1. The van der Waals surface area contributed by atoms with Crippen molar-refractivity contribution >= 4 is 18.3 Å². The fourth-order valence-corrected chi connectivity index (χ4v) is 4.02. The second-order valence-corrected chi connectivity index (χ2v) is 7.41. The standard InChI is InChI=1S/C23H30N2O.ClH/c1-24-17-20-11-8-14-25(18-20)23(26)16-22(21-12-6-3-7-13-21)15-19-9-4-2-5-10-19;/h2-7,9-10,12-13,20,22,24H,8,11,14-18H2,1H3;1H. The van der Waals surface area contributed by atoms with Crippen LogP contribution in [0.5, 0.6) is 0 Å². The minimum atomic E-state index is 0. The number of nitrogens with zero attached hydrogens (tertiary/aromatic N) is 1. The van der Waals surface area contributed by atoms with Crippen molar-refractivity contribution in [1.82, 2.24) is 10.2 Å². The SMILES string of the molecule is CNCC1CCCN(C(=O)CC(Cc2ccccc2)c2ccccc2)C1.Cl. The quantitative estimate of drug-likeness (QED) is 0.770. The summed E-state index contributed by atoms with van der Waals surface area (Å²) in [6.45, 7) is 2.80. The Hall–Kier alpha value is -1.84. The van der Waals surface area contributed by atoms with Gasteiger partial charge in [-0.2, -0.15) is 0 Å². The maximum absolute atomic E-state index is 13.0. The second kappa shape index (κ2) is 11.1. The maximum atomic E-state index is 13.0. The van der Waals surface area contributed by atoms with Gasteiger partial charge in [-0.15, -0.1) is 12.4 Å². The topological polar surface area (TPSA) is 32.3 Å². The molecule has 1 fully saturated rings. The van der Waals surface area contributed by atoms with Crippen molar-refractivity contribution < 1.29 is 4.79 Å². The fraction of sp³-hybridized carbons (Fsp3) is 0.435. The lowest BCUT2D eigenvalue weighted by atomic mass is 9.88. The van der Waals surface area contributed by atoms with E-state index in [1.807, 2.05) is 19.2 Å². The summed E-state index contributed by atoms with van der Waals surface area (Å²) in [7, 11) is 1.99. The smallest absolute Gasteiger partial charge is 0.223 e. The van der Waals surface area contributed by atoms with Crippen LogP contribution in [0, 0.1) is 5.92 Å². The van der Waals surface area contributed by atoms with E-state index in [0.717, 1.165) is 32.5 Å². The average molecular weight is 387 g/mol. The zero-order valence-corrected chi connectivity index (χ0v) is 17.0. The minimum Gasteiger partial charge on any atom is -0.342 e. The highest BCUT2D eigenvalue weighted by Crippen LogP contribution is 2.26. The van der Waals surface area contributed by atoms with Crippen molar-refractivity contribution in [2.45, 2.75) is 31.6 Å². The Labute approximate surface area is 169 Å². The number of nitrogens with one attached hydrogen (secondary N) is 1. The summed E-state index contributed by atoms with van der Waals surface area (Å²) in [6, 6.07) is 21.0. The first-order valence-corrected chi connectivity index (χ1v) is 9.77. The van der Waals surface area contributed by atoms with E-state index >= 15 is 0 Å². The van der Waals surface area contributed by atoms with Gasteiger partial charge in [-0.05, 0) is 55.8 Å². The normalized spacial score (nSPS) is 17.8. The molecule has 1 aliphatic heterocycles. The molecule has 0 aliphatic carbocycles. The van der Waals surface area contributed by atoms with E-state index in [2.05, 4.69) is 58.7 Å². The van der Waals surface area contributed by atoms with E-state index < -0.39 is 0 Å². The van der Waals surface area contributed by atoms with Crippen LogP contribution in [0.15, 0.2) is 60.7 Å². The molecule has 4 heteroatoms. The summed E-state index contributed by atoms with van der Waals surface area (Å²) in [6.07, 6.45) is 3.83. The Bertz CT molecular complexity index is 675. The van der Waals surface area contributed by atoms with Gasteiger partial charge in [-0.3, -0.25) is 4.79 Å². The largest absolute Gasteiger partial charge is 0.342 e. The molecule has 1 heterocycles. The van der Waals surface area contributed by atoms with E-state index in [0.29, 0.717) is 18.2 Å². The van der Waals surface area contributed by atoms with Gasteiger partial charge in [0.1, 0.15) is 0 Å². The lowest BCUT2D eigenvalue weighted by molar-refractivity contribution is -0.133. The van der Waals surface area contributed by atoms with Gasteiger partial charge < -0.3 is 10.2 Å². The van der Waals surface area contributed by atoms with Crippen molar-refractivity contribution in [1.29, 1.82) is 0 Å². The number of piperidine rings is 1. The summed E-state index contributed by atoms with van der Waals surface area (Å²) in [4.78, 5) is 15.1. The summed E-state index contributed by atoms with van der Waals surface area (Å²) >= 11 is 0. The Kier molecular flexibility index (Phi) is 8.83. The number of hydrogen-bond donors (Lipinski definition) is 1. The molecule has 3 nitrogen and oxygen atoms in total. The van der Waals surface area contributed by atoms with Gasteiger partial charge in [-0.25, -0.2) is 0 Å². The summed E-state index contributed by atoms with van der Waals surface area (Å²) in [5.41, 5.74) is 2.55. The van der Waals surface area contributed by atoms with Gasteiger partial charge in [0.25, 0.3) is 0 Å². The van der Waals surface area contributed by atoms with Gasteiger partial charge in [-0.1, -0.05) is 60.7 Å². The first-order valence-electron chi connectivity index (χ1n) is 9.77. The molecule has 1 saturated heterocycles. The van der Waals surface area contributed by atoms with Crippen LogP contribution in [0.2, 0.25) is 0 Å². The molecule has 1 amide bonds. The Balaban J connectivity index is 0.00000261. The van der Waals surface area contributed by atoms with Gasteiger partial charge in [0.2, 0.25) is 5.91 Å². The first kappa shape index (κ1) is 21.5. The van der Waals surface area contributed by atoms with Crippen LogP contribution in [-0.4, -0.2) is 37.5 Å². The molecular formula is C23H31ClN2O. The molecule has 2 atom stereocenters. The number of likely N-dealkylation sites (tertiary alicyclic amines) is 1. The number of carbonyl (C=O) groups excluding carboxylic acids is 1. The lowest BCUT2D eigenvalue weighted by Gasteiger charge is -2.33. The summed E-state index contributed by atoms with van der Waals surface area (Å²) in [5.74, 6) is 1.12. The predicted octanol–water partition coefficient (Wildman–Crippen LogP) is 4.28. The van der Waals surface area contributed by atoms with Crippen LogP contribution in [0.3, 0.4) is 0 Å². The molecule has 0 spiro atoms. The highest BCUT2D eigenvalue weighted by Gasteiger charge is 2.25. The molecule has 2 aromatic carbocycles. The first-order chi connectivity index (χ1) is 12.8. The Morgan fingerprint density at radius 3 is 2.44 bits per heavy atom. The van der Waals surface area contributed by atoms with E-state index in [-0.39, 0.29) is 18.3 Å². The molecular weight excluding hydrogens is 356 g/mol.